The van der Waals surface area contributed by atoms with Crippen LogP contribution in [0.15, 0.2) is 66.7 Å². The maximum Gasteiger partial charge on any atom is 0.127 e. The molecule has 0 amide bonds. The SMILES string of the molecule is CCOc1ccc(OCCOc2ccccc2)c2ccccc12. The van der Waals surface area contributed by atoms with E-state index in [9.17, 15) is 0 Å². The van der Waals surface area contributed by atoms with Crippen molar-refractivity contribution in [1.82, 2.24) is 0 Å². The van der Waals surface area contributed by atoms with Gasteiger partial charge in [0.25, 0.3) is 0 Å². The van der Waals surface area contributed by atoms with E-state index < -0.39 is 0 Å². The minimum atomic E-state index is 0.493. The van der Waals surface area contributed by atoms with Gasteiger partial charge in [0.2, 0.25) is 0 Å². The highest BCUT2D eigenvalue weighted by Gasteiger charge is 2.07. The third-order valence-electron chi connectivity index (χ3n) is 3.50. The average molecular weight is 308 g/mol. The lowest BCUT2D eigenvalue weighted by Gasteiger charge is -2.13. The zero-order chi connectivity index (χ0) is 15.9. The lowest BCUT2D eigenvalue weighted by Crippen LogP contribution is -2.09. The van der Waals surface area contributed by atoms with Crippen molar-refractivity contribution >= 4 is 10.8 Å². The number of ether oxygens (including phenoxy) is 3. The quantitative estimate of drug-likeness (QED) is 0.592. The molecule has 0 heterocycles. The van der Waals surface area contributed by atoms with Gasteiger partial charge in [-0.2, -0.15) is 0 Å². The second-order valence-corrected chi connectivity index (χ2v) is 5.05. The number of para-hydroxylation sites is 1. The Hall–Kier alpha value is -2.68. The van der Waals surface area contributed by atoms with Crippen molar-refractivity contribution < 1.29 is 14.2 Å². The Morgan fingerprint density at radius 2 is 1.17 bits per heavy atom. The predicted molar refractivity (Wildman–Crippen MR) is 92.5 cm³/mol. The number of hydrogen-bond acceptors (Lipinski definition) is 3. The van der Waals surface area contributed by atoms with Crippen LogP contribution in [0.5, 0.6) is 17.2 Å². The van der Waals surface area contributed by atoms with Crippen molar-refractivity contribution in [1.29, 1.82) is 0 Å². The highest BCUT2D eigenvalue weighted by molar-refractivity contribution is 5.93. The molecule has 0 unspecified atom stereocenters. The topological polar surface area (TPSA) is 27.7 Å². The molecule has 0 aliphatic rings. The van der Waals surface area contributed by atoms with E-state index in [-0.39, 0.29) is 0 Å². The summed E-state index contributed by atoms with van der Waals surface area (Å²) in [5.41, 5.74) is 0. The number of hydrogen-bond donors (Lipinski definition) is 0. The molecular weight excluding hydrogens is 288 g/mol. The van der Waals surface area contributed by atoms with E-state index in [1.54, 1.807) is 0 Å². The fourth-order valence-electron chi connectivity index (χ4n) is 2.48. The van der Waals surface area contributed by atoms with Gasteiger partial charge in [-0.1, -0.05) is 42.5 Å². The predicted octanol–water partition coefficient (Wildman–Crippen LogP) is 4.70. The summed E-state index contributed by atoms with van der Waals surface area (Å²) >= 11 is 0. The first kappa shape index (κ1) is 15.2. The molecule has 0 atom stereocenters. The summed E-state index contributed by atoms with van der Waals surface area (Å²) in [7, 11) is 0. The van der Waals surface area contributed by atoms with Crippen molar-refractivity contribution in [3.05, 3.63) is 66.7 Å². The van der Waals surface area contributed by atoms with Crippen molar-refractivity contribution in [2.75, 3.05) is 19.8 Å². The lowest BCUT2D eigenvalue weighted by atomic mass is 10.1. The molecule has 23 heavy (non-hydrogen) atoms. The Bertz CT molecular complexity index is 753. The molecule has 3 nitrogen and oxygen atoms in total. The molecule has 3 rings (SSSR count). The zero-order valence-corrected chi connectivity index (χ0v) is 13.2. The van der Waals surface area contributed by atoms with E-state index in [1.807, 2.05) is 73.7 Å². The van der Waals surface area contributed by atoms with Crippen LogP contribution in [0, 0.1) is 0 Å². The monoisotopic (exact) mass is 308 g/mol. The summed E-state index contributed by atoms with van der Waals surface area (Å²) in [6.45, 7) is 3.63. The fourth-order valence-corrected chi connectivity index (χ4v) is 2.48. The van der Waals surface area contributed by atoms with Gasteiger partial charge in [0.1, 0.15) is 30.5 Å². The van der Waals surface area contributed by atoms with Gasteiger partial charge in [0, 0.05) is 10.8 Å². The van der Waals surface area contributed by atoms with Gasteiger partial charge >= 0.3 is 0 Å². The molecule has 0 bridgehead atoms. The Kier molecular flexibility index (Phi) is 4.99. The molecule has 0 saturated heterocycles. The van der Waals surface area contributed by atoms with Crippen LogP contribution in [0.1, 0.15) is 6.92 Å². The van der Waals surface area contributed by atoms with Crippen molar-refractivity contribution in [2.45, 2.75) is 6.92 Å². The molecule has 3 aromatic rings. The standard InChI is InChI=1S/C20H20O3/c1-2-21-19-12-13-20(18-11-7-6-10-17(18)19)23-15-14-22-16-8-4-3-5-9-16/h3-13H,2,14-15H2,1H3. The molecule has 118 valence electrons. The summed E-state index contributed by atoms with van der Waals surface area (Å²) in [6.07, 6.45) is 0. The lowest BCUT2D eigenvalue weighted by molar-refractivity contribution is 0.218. The van der Waals surface area contributed by atoms with Crippen LogP contribution < -0.4 is 14.2 Å². The summed E-state index contributed by atoms with van der Waals surface area (Å²) in [5, 5.41) is 2.12. The van der Waals surface area contributed by atoms with Gasteiger partial charge in [-0.3, -0.25) is 0 Å². The van der Waals surface area contributed by atoms with Crippen LogP contribution in [-0.2, 0) is 0 Å². The minimum absolute atomic E-state index is 0.493. The van der Waals surface area contributed by atoms with Gasteiger partial charge in [0.05, 0.1) is 6.61 Å². The van der Waals surface area contributed by atoms with Crippen LogP contribution >= 0.6 is 0 Å². The van der Waals surface area contributed by atoms with E-state index in [1.165, 1.54) is 0 Å². The molecule has 0 saturated carbocycles. The Morgan fingerprint density at radius 3 is 1.83 bits per heavy atom. The largest absolute Gasteiger partial charge is 0.493 e. The van der Waals surface area contributed by atoms with Crippen molar-refractivity contribution in [3.63, 3.8) is 0 Å². The molecule has 0 spiro atoms. The van der Waals surface area contributed by atoms with Gasteiger partial charge in [-0.05, 0) is 31.2 Å². The van der Waals surface area contributed by atoms with E-state index in [4.69, 9.17) is 14.2 Å². The molecule has 3 aromatic carbocycles. The highest BCUT2D eigenvalue weighted by Crippen LogP contribution is 2.33. The third-order valence-corrected chi connectivity index (χ3v) is 3.50. The van der Waals surface area contributed by atoms with E-state index >= 15 is 0 Å². The maximum absolute atomic E-state index is 5.89. The Labute approximate surface area is 136 Å². The van der Waals surface area contributed by atoms with Crippen LogP contribution in [0.2, 0.25) is 0 Å². The second-order valence-electron chi connectivity index (χ2n) is 5.05. The molecule has 0 fully saturated rings. The molecule has 0 aliphatic carbocycles. The van der Waals surface area contributed by atoms with E-state index in [0.717, 1.165) is 28.0 Å². The first-order valence-electron chi connectivity index (χ1n) is 7.83. The summed E-state index contributed by atoms with van der Waals surface area (Å²) in [6, 6.07) is 21.8. The van der Waals surface area contributed by atoms with Gasteiger partial charge < -0.3 is 14.2 Å². The number of benzene rings is 3. The van der Waals surface area contributed by atoms with Crippen LogP contribution in [0.25, 0.3) is 10.8 Å². The van der Waals surface area contributed by atoms with Crippen LogP contribution in [0.3, 0.4) is 0 Å². The van der Waals surface area contributed by atoms with Gasteiger partial charge in [-0.25, -0.2) is 0 Å². The third kappa shape index (κ3) is 3.75. The Morgan fingerprint density at radius 1 is 0.609 bits per heavy atom. The molecule has 0 N–H and O–H groups in total. The summed E-state index contributed by atoms with van der Waals surface area (Å²) in [4.78, 5) is 0. The highest BCUT2D eigenvalue weighted by atomic mass is 16.5. The van der Waals surface area contributed by atoms with Crippen molar-refractivity contribution in [3.8, 4) is 17.2 Å². The fraction of sp³-hybridized carbons (Fsp3) is 0.200. The smallest absolute Gasteiger partial charge is 0.127 e. The second kappa shape index (κ2) is 7.54. The zero-order valence-electron chi connectivity index (χ0n) is 13.2. The molecular formula is C20H20O3. The van der Waals surface area contributed by atoms with E-state index in [0.29, 0.717) is 19.8 Å². The number of rotatable bonds is 7. The normalized spacial score (nSPS) is 10.5. The number of fused-ring (bicyclic) bond motifs is 1. The van der Waals surface area contributed by atoms with Crippen LogP contribution in [0.4, 0.5) is 0 Å². The molecule has 0 radical (unpaired) electrons. The Balaban J connectivity index is 1.67. The average Bonchev–Trinajstić information content (AvgIpc) is 2.61. The van der Waals surface area contributed by atoms with E-state index in [2.05, 4.69) is 0 Å². The molecule has 0 aromatic heterocycles. The minimum Gasteiger partial charge on any atom is -0.493 e. The molecule has 3 heteroatoms. The van der Waals surface area contributed by atoms with Crippen molar-refractivity contribution in [2.24, 2.45) is 0 Å². The maximum atomic E-state index is 5.89. The van der Waals surface area contributed by atoms with Gasteiger partial charge in [-0.15, -0.1) is 0 Å². The summed E-state index contributed by atoms with van der Waals surface area (Å²) < 4.78 is 17.2. The van der Waals surface area contributed by atoms with Gasteiger partial charge in [0.15, 0.2) is 0 Å². The summed E-state index contributed by atoms with van der Waals surface area (Å²) in [5.74, 6) is 2.59. The van der Waals surface area contributed by atoms with Crippen LogP contribution in [-0.4, -0.2) is 19.8 Å². The molecule has 0 aliphatic heterocycles. The first-order valence-corrected chi connectivity index (χ1v) is 7.83. The first-order chi connectivity index (χ1) is 11.4.